The van der Waals surface area contributed by atoms with Crippen LogP contribution in [0.3, 0.4) is 0 Å². The summed E-state index contributed by atoms with van der Waals surface area (Å²) < 4.78 is 0. The van der Waals surface area contributed by atoms with Gasteiger partial charge in [-0.15, -0.1) is 0 Å². The molecule has 0 aliphatic heterocycles. The van der Waals surface area contributed by atoms with E-state index in [4.69, 9.17) is 5.21 Å². The maximum Gasteiger partial charge on any atom is 0.260 e. The third-order valence-corrected chi connectivity index (χ3v) is 4.99. The molecule has 0 atom stereocenters. The van der Waals surface area contributed by atoms with Gasteiger partial charge in [-0.2, -0.15) is 0 Å². The fourth-order valence-electron chi connectivity index (χ4n) is 3.16. The molecule has 0 fully saturated rings. The van der Waals surface area contributed by atoms with Gasteiger partial charge < -0.3 is 10.5 Å². The summed E-state index contributed by atoms with van der Waals surface area (Å²) in [5.41, 5.74) is 6.87. The topological polar surface area (TPSA) is 81.7 Å². The highest BCUT2D eigenvalue weighted by atomic mass is 16.5. The predicted octanol–water partition coefficient (Wildman–Crippen LogP) is 4.57. The lowest BCUT2D eigenvalue weighted by molar-refractivity contribution is -0.127. The first-order chi connectivity index (χ1) is 13.9. The summed E-state index contributed by atoms with van der Waals surface area (Å²) in [6.07, 6.45) is 3.78. The maximum atomic E-state index is 12.6. The molecule has 0 saturated heterocycles. The van der Waals surface area contributed by atoms with Crippen molar-refractivity contribution in [2.45, 2.75) is 46.0 Å². The number of carbonyl (C=O) groups is 2. The molecule has 0 spiro atoms. The summed E-state index contributed by atoms with van der Waals surface area (Å²) in [7, 11) is 1.53. The van der Waals surface area contributed by atoms with Gasteiger partial charge in [0.05, 0.1) is 0 Å². The van der Waals surface area contributed by atoms with Gasteiger partial charge >= 0.3 is 0 Å². The highest BCUT2D eigenvalue weighted by molar-refractivity contribution is 6.04. The van der Waals surface area contributed by atoms with E-state index in [0.717, 1.165) is 48.2 Å². The molecule has 2 aromatic rings. The van der Waals surface area contributed by atoms with Crippen LogP contribution in [0.25, 0.3) is 0 Å². The Morgan fingerprint density at radius 1 is 0.931 bits per heavy atom. The lowest BCUT2D eigenvalue weighted by Gasteiger charge is -2.16. The van der Waals surface area contributed by atoms with Crippen molar-refractivity contribution in [1.29, 1.82) is 0 Å². The van der Waals surface area contributed by atoms with Gasteiger partial charge in [-0.05, 0) is 62.1 Å². The molecule has 2 amide bonds. The lowest BCUT2D eigenvalue weighted by atomic mass is 10.1. The van der Waals surface area contributed by atoms with Crippen molar-refractivity contribution in [3.8, 4) is 0 Å². The van der Waals surface area contributed by atoms with E-state index in [2.05, 4.69) is 36.8 Å². The molecule has 2 aromatic carbocycles. The molecular weight excluding hydrogens is 366 g/mol. The zero-order valence-electron chi connectivity index (χ0n) is 17.5. The summed E-state index contributed by atoms with van der Waals surface area (Å²) in [5, 5.41) is 11.9. The molecule has 0 aliphatic rings. The van der Waals surface area contributed by atoms with Crippen LogP contribution in [0.15, 0.2) is 42.5 Å². The second-order valence-electron chi connectivity index (χ2n) is 7.30. The summed E-state index contributed by atoms with van der Waals surface area (Å²) >= 11 is 0. The smallest absolute Gasteiger partial charge is 0.260 e. The molecule has 6 heteroatoms. The van der Waals surface area contributed by atoms with Crippen LogP contribution in [0.5, 0.6) is 0 Å². The monoisotopic (exact) mass is 397 g/mol. The number of carbonyl (C=O) groups excluding carboxylic acids is 2. The normalized spacial score (nSPS) is 10.6. The van der Waals surface area contributed by atoms with Crippen LogP contribution in [0.1, 0.15) is 53.6 Å². The Hall–Kier alpha value is -2.70. The number of hydrogen-bond acceptors (Lipinski definition) is 5. The average molecular weight is 398 g/mol. The number of benzene rings is 2. The number of unbranched alkanes of at least 4 members (excludes halogenated alkanes) is 3. The summed E-state index contributed by atoms with van der Waals surface area (Å²) in [6.45, 7) is 4.66. The number of nitrogens with zero attached hydrogens (tertiary/aromatic N) is 1. The minimum atomic E-state index is -0.293. The third kappa shape index (κ3) is 6.69. The number of para-hydroxylation sites is 1. The number of imide groups is 1. The van der Waals surface area contributed by atoms with Crippen LogP contribution in [-0.2, 0) is 4.79 Å². The van der Waals surface area contributed by atoms with Gasteiger partial charge in [0, 0.05) is 37.0 Å². The van der Waals surface area contributed by atoms with E-state index in [1.807, 2.05) is 18.2 Å². The average Bonchev–Trinajstić information content (AvgIpc) is 2.72. The largest absolute Gasteiger partial charge is 0.355 e. The Kier molecular flexibility index (Phi) is 8.83. The molecule has 156 valence electrons. The van der Waals surface area contributed by atoms with E-state index < -0.39 is 0 Å². The van der Waals surface area contributed by atoms with Crippen LogP contribution in [0, 0.1) is 13.8 Å². The highest BCUT2D eigenvalue weighted by Gasteiger charge is 2.18. The highest BCUT2D eigenvalue weighted by Crippen LogP contribution is 2.24. The number of hydroxylamine groups is 1. The second kappa shape index (κ2) is 11.3. The molecule has 0 heterocycles. The third-order valence-electron chi connectivity index (χ3n) is 4.99. The van der Waals surface area contributed by atoms with Crippen LogP contribution in [0.4, 0.5) is 11.4 Å². The van der Waals surface area contributed by atoms with Crippen LogP contribution < -0.4 is 10.8 Å². The van der Waals surface area contributed by atoms with Crippen LogP contribution in [-0.4, -0.2) is 35.5 Å². The van der Waals surface area contributed by atoms with Gasteiger partial charge in [0.1, 0.15) is 0 Å². The molecule has 2 rings (SSSR count). The molecule has 0 saturated carbocycles. The van der Waals surface area contributed by atoms with E-state index in [9.17, 15) is 9.59 Å². The first kappa shape index (κ1) is 22.6. The van der Waals surface area contributed by atoms with Gasteiger partial charge in [0.25, 0.3) is 5.91 Å². The minimum absolute atomic E-state index is 0.173. The summed E-state index contributed by atoms with van der Waals surface area (Å²) in [5.74, 6) is -0.467. The first-order valence-electron chi connectivity index (χ1n) is 10.0. The number of rotatable bonds is 10. The molecule has 29 heavy (non-hydrogen) atoms. The minimum Gasteiger partial charge on any atom is -0.355 e. The van der Waals surface area contributed by atoms with E-state index in [0.29, 0.717) is 18.5 Å². The lowest BCUT2D eigenvalue weighted by Crippen LogP contribution is -2.32. The van der Waals surface area contributed by atoms with Crippen molar-refractivity contribution in [3.05, 3.63) is 59.2 Å². The molecule has 3 N–H and O–H groups in total. The molecule has 0 bridgehead atoms. The SMILES string of the molecule is Cc1cccc(C)c1Nc1ccc(C(=O)N(C)C(=O)CCCCCCNO)cc1. The Morgan fingerprint density at radius 2 is 1.55 bits per heavy atom. The Bertz CT molecular complexity index is 798. The van der Waals surface area contributed by atoms with Crippen LogP contribution >= 0.6 is 0 Å². The standard InChI is InChI=1S/C23H31N3O3/c1-17-9-8-10-18(2)22(17)25-20-14-12-19(13-15-20)23(28)26(3)21(27)11-6-4-5-7-16-24-29/h8-10,12-15,24-25,29H,4-7,11,16H2,1-3H3. The number of anilines is 2. The predicted molar refractivity (Wildman–Crippen MR) is 116 cm³/mol. The fourth-order valence-corrected chi connectivity index (χ4v) is 3.16. The summed E-state index contributed by atoms with van der Waals surface area (Å²) in [4.78, 5) is 26.1. The molecule has 0 aromatic heterocycles. The van der Waals surface area contributed by atoms with E-state index in [1.165, 1.54) is 11.9 Å². The zero-order valence-corrected chi connectivity index (χ0v) is 17.5. The van der Waals surface area contributed by atoms with Gasteiger partial charge in [0.15, 0.2) is 0 Å². The fraction of sp³-hybridized carbons (Fsp3) is 0.391. The molecule has 0 unspecified atom stereocenters. The van der Waals surface area contributed by atoms with Gasteiger partial charge in [0.2, 0.25) is 5.91 Å². The van der Waals surface area contributed by atoms with Crippen molar-refractivity contribution >= 4 is 23.2 Å². The van der Waals surface area contributed by atoms with Crippen molar-refractivity contribution < 1.29 is 14.8 Å². The first-order valence-corrected chi connectivity index (χ1v) is 10.0. The maximum absolute atomic E-state index is 12.6. The number of nitrogens with one attached hydrogen (secondary N) is 2. The Morgan fingerprint density at radius 3 is 2.17 bits per heavy atom. The number of hydrogen-bond donors (Lipinski definition) is 3. The van der Waals surface area contributed by atoms with Gasteiger partial charge in [-0.3, -0.25) is 14.5 Å². The molecule has 0 aliphatic carbocycles. The zero-order chi connectivity index (χ0) is 21.2. The van der Waals surface area contributed by atoms with Crippen molar-refractivity contribution in [1.82, 2.24) is 10.4 Å². The van der Waals surface area contributed by atoms with Crippen molar-refractivity contribution in [2.75, 3.05) is 18.9 Å². The summed E-state index contributed by atoms with van der Waals surface area (Å²) in [6, 6.07) is 13.3. The van der Waals surface area contributed by atoms with Crippen molar-refractivity contribution in [3.63, 3.8) is 0 Å². The van der Waals surface area contributed by atoms with E-state index >= 15 is 0 Å². The van der Waals surface area contributed by atoms with Gasteiger partial charge in [-0.25, -0.2) is 5.48 Å². The second-order valence-corrected chi connectivity index (χ2v) is 7.30. The van der Waals surface area contributed by atoms with Crippen molar-refractivity contribution in [2.24, 2.45) is 0 Å². The van der Waals surface area contributed by atoms with E-state index in [-0.39, 0.29) is 11.8 Å². The van der Waals surface area contributed by atoms with E-state index in [1.54, 1.807) is 12.1 Å². The molecule has 0 radical (unpaired) electrons. The molecular formula is C23H31N3O3. The Labute approximate surface area is 172 Å². The quantitative estimate of drug-likeness (QED) is 0.404. The van der Waals surface area contributed by atoms with Crippen LogP contribution in [0.2, 0.25) is 0 Å². The number of amides is 2. The van der Waals surface area contributed by atoms with Gasteiger partial charge in [-0.1, -0.05) is 31.0 Å². The molecule has 6 nitrogen and oxygen atoms in total. The number of aryl methyl sites for hydroxylation is 2. The Balaban J connectivity index is 1.89.